The van der Waals surface area contributed by atoms with Crippen LogP contribution in [0.2, 0.25) is 0 Å². The van der Waals surface area contributed by atoms with Crippen LogP contribution in [0.3, 0.4) is 0 Å². The first-order valence-electron chi connectivity index (χ1n) is 5.32. The first-order valence-corrected chi connectivity index (χ1v) is 5.32. The van der Waals surface area contributed by atoms with Crippen molar-refractivity contribution >= 4 is 0 Å². The summed E-state index contributed by atoms with van der Waals surface area (Å²) >= 11 is 0. The Morgan fingerprint density at radius 2 is 1.65 bits per heavy atom. The molecule has 0 radical (unpaired) electrons. The van der Waals surface area contributed by atoms with Gasteiger partial charge in [-0.25, -0.2) is 13.2 Å². The summed E-state index contributed by atoms with van der Waals surface area (Å²) in [4.78, 5) is 0. The lowest BCUT2D eigenvalue weighted by Gasteiger charge is -2.33. The van der Waals surface area contributed by atoms with Gasteiger partial charge in [-0.1, -0.05) is 13.8 Å². The van der Waals surface area contributed by atoms with E-state index in [0.29, 0.717) is 0 Å². The molecule has 0 heterocycles. The highest BCUT2D eigenvalue weighted by atomic mass is 19.4. The highest BCUT2D eigenvalue weighted by Gasteiger charge is 2.80. The third-order valence-corrected chi connectivity index (χ3v) is 3.63. The number of aliphatic hydroxyl groups is 1. The van der Waals surface area contributed by atoms with E-state index >= 15 is 0 Å². The molecule has 1 fully saturated rings. The van der Waals surface area contributed by atoms with Crippen molar-refractivity contribution in [2.24, 2.45) is 5.92 Å². The maximum Gasteiger partial charge on any atom is 0.423 e. The number of rotatable bonds is 2. The summed E-state index contributed by atoms with van der Waals surface area (Å²) in [5.41, 5.74) is -6.96. The molecule has 0 aromatic carbocycles. The Morgan fingerprint density at radius 1 is 1.18 bits per heavy atom. The van der Waals surface area contributed by atoms with Gasteiger partial charge in [0, 0.05) is 6.42 Å². The molecule has 0 bridgehead atoms. The second kappa shape index (κ2) is 3.76. The molecule has 0 spiro atoms. The van der Waals surface area contributed by atoms with E-state index in [0.717, 1.165) is 0 Å². The van der Waals surface area contributed by atoms with Gasteiger partial charge in [-0.05, 0) is 12.8 Å². The van der Waals surface area contributed by atoms with Gasteiger partial charge in [-0.15, -0.1) is 0 Å². The predicted octanol–water partition coefficient (Wildman–Crippen LogP) is 3.46. The van der Waals surface area contributed by atoms with Crippen molar-refractivity contribution in [3.05, 3.63) is 0 Å². The number of halogens is 6. The molecule has 1 N–H and O–H groups in total. The summed E-state index contributed by atoms with van der Waals surface area (Å²) in [5.74, 6) is -6.63. The molecule has 1 rings (SSSR count). The summed E-state index contributed by atoms with van der Waals surface area (Å²) in [6, 6.07) is 0. The van der Waals surface area contributed by atoms with Crippen molar-refractivity contribution in [3.8, 4) is 0 Å². The van der Waals surface area contributed by atoms with Crippen LogP contribution in [0.1, 0.15) is 33.1 Å². The Balaban J connectivity index is 3.31. The van der Waals surface area contributed by atoms with E-state index in [4.69, 9.17) is 0 Å². The van der Waals surface area contributed by atoms with Crippen molar-refractivity contribution in [1.82, 2.24) is 0 Å². The van der Waals surface area contributed by atoms with Gasteiger partial charge in [0.2, 0.25) is 5.60 Å². The highest BCUT2D eigenvalue weighted by molar-refractivity contribution is 5.17. The fourth-order valence-electron chi connectivity index (χ4n) is 2.56. The minimum absolute atomic E-state index is 0.463. The summed E-state index contributed by atoms with van der Waals surface area (Å²) < 4.78 is 78.9. The smallest absolute Gasteiger partial charge is 0.376 e. The molecule has 0 aromatic rings. The zero-order valence-corrected chi connectivity index (χ0v) is 9.41. The van der Waals surface area contributed by atoms with Crippen LogP contribution in [0.15, 0.2) is 0 Å². The van der Waals surface area contributed by atoms with Gasteiger partial charge < -0.3 is 5.11 Å². The fraction of sp³-hybridized carbons (Fsp3) is 1.00. The van der Waals surface area contributed by atoms with Crippen molar-refractivity contribution < 1.29 is 31.4 Å². The van der Waals surface area contributed by atoms with Crippen LogP contribution in [0.4, 0.5) is 26.3 Å². The van der Waals surface area contributed by atoms with Gasteiger partial charge >= 0.3 is 6.18 Å². The summed E-state index contributed by atoms with van der Waals surface area (Å²) in [5, 5.41) is 9.21. The molecular formula is C10H14F6O. The molecule has 1 nitrogen and oxygen atoms in total. The van der Waals surface area contributed by atoms with Crippen LogP contribution in [0.5, 0.6) is 0 Å². The molecule has 0 saturated heterocycles. The molecule has 3 unspecified atom stereocenters. The highest BCUT2D eigenvalue weighted by Crippen LogP contribution is 2.61. The van der Waals surface area contributed by atoms with E-state index in [2.05, 4.69) is 0 Å². The number of alkyl halides is 6. The molecule has 1 aliphatic rings. The topological polar surface area (TPSA) is 20.2 Å². The van der Waals surface area contributed by atoms with Crippen molar-refractivity contribution in [2.45, 2.75) is 56.5 Å². The molecule has 1 saturated carbocycles. The van der Waals surface area contributed by atoms with Crippen LogP contribution < -0.4 is 0 Å². The molecule has 0 aliphatic heterocycles. The van der Waals surface area contributed by atoms with Gasteiger partial charge in [0.15, 0.2) is 0 Å². The lowest BCUT2D eigenvalue weighted by atomic mass is 9.87. The van der Waals surface area contributed by atoms with E-state index < -0.39 is 48.5 Å². The quantitative estimate of drug-likeness (QED) is 0.757. The molecule has 3 atom stereocenters. The molecule has 0 aromatic heterocycles. The maximum absolute atomic E-state index is 14.1. The first-order chi connectivity index (χ1) is 7.46. The van der Waals surface area contributed by atoms with Gasteiger partial charge in [-0.3, -0.25) is 0 Å². The lowest BCUT2D eigenvalue weighted by molar-refractivity contribution is -0.326. The summed E-state index contributed by atoms with van der Waals surface area (Å²) in [7, 11) is 0. The zero-order chi connectivity index (χ0) is 13.7. The van der Waals surface area contributed by atoms with Gasteiger partial charge in [-0.2, -0.15) is 13.2 Å². The largest absolute Gasteiger partial charge is 0.423 e. The Morgan fingerprint density at radius 3 is 1.88 bits per heavy atom. The van der Waals surface area contributed by atoms with Crippen molar-refractivity contribution in [1.29, 1.82) is 0 Å². The Labute approximate surface area is 94.8 Å². The minimum atomic E-state index is -5.55. The average molecular weight is 264 g/mol. The van der Waals surface area contributed by atoms with E-state index in [1.165, 1.54) is 13.8 Å². The minimum Gasteiger partial charge on any atom is -0.376 e. The van der Waals surface area contributed by atoms with Gasteiger partial charge in [0.05, 0.1) is 5.92 Å². The second-order valence-electron chi connectivity index (χ2n) is 4.51. The average Bonchev–Trinajstić information content (AvgIpc) is 2.31. The van der Waals surface area contributed by atoms with Crippen LogP contribution in [0.25, 0.3) is 0 Å². The van der Waals surface area contributed by atoms with Crippen molar-refractivity contribution in [2.75, 3.05) is 0 Å². The van der Waals surface area contributed by atoms with E-state index in [1.54, 1.807) is 0 Å². The SMILES string of the molecule is CCC1C(F)(CC)CC(O)(C(F)(F)F)C1(F)F. The molecule has 7 heteroatoms. The summed E-state index contributed by atoms with van der Waals surface area (Å²) in [6.07, 6.45) is -8.10. The van der Waals surface area contributed by atoms with Gasteiger partial charge in [0.1, 0.15) is 5.67 Å². The van der Waals surface area contributed by atoms with Crippen LogP contribution in [0, 0.1) is 5.92 Å². The van der Waals surface area contributed by atoms with Crippen molar-refractivity contribution in [3.63, 3.8) is 0 Å². The monoisotopic (exact) mass is 264 g/mol. The third-order valence-electron chi connectivity index (χ3n) is 3.63. The standard InChI is InChI=1S/C10H14F6O/c1-3-6-7(11,4-2)5-8(17,9(6,12)13)10(14,15)16/h6,17H,3-5H2,1-2H3. The fourth-order valence-corrected chi connectivity index (χ4v) is 2.56. The molecule has 1 aliphatic carbocycles. The third kappa shape index (κ3) is 1.73. The van der Waals surface area contributed by atoms with Crippen LogP contribution in [-0.4, -0.2) is 28.5 Å². The molecule has 0 amide bonds. The summed E-state index contributed by atoms with van der Waals surface area (Å²) in [6.45, 7) is 2.38. The maximum atomic E-state index is 14.1. The van der Waals surface area contributed by atoms with E-state index in [1.807, 2.05) is 0 Å². The Kier molecular flexibility index (Phi) is 3.23. The molecule has 102 valence electrons. The zero-order valence-electron chi connectivity index (χ0n) is 9.41. The Hall–Kier alpha value is -0.460. The van der Waals surface area contributed by atoms with Gasteiger partial charge in [0.25, 0.3) is 5.92 Å². The van der Waals surface area contributed by atoms with Crippen LogP contribution in [-0.2, 0) is 0 Å². The number of hydrogen-bond acceptors (Lipinski definition) is 1. The molecular weight excluding hydrogens is 250 g/mol. The van der Waals surface area contributed by atoms with Crippen LogP contribution >= 0.6 is 0 Å². The second-order valence-corrected chi connectivity index (χ2v) is 4.51. The normalized spacial score (nSPS) is 41.8. The Bertz CT molecular complexity index is 302. The lowest BCUT2D eigenvalue weighted by Crippen LogP contribution is -2.57. The van der Waals surface area contributed by atoms with E-state index in [-0.39, 0.29) is 0 Å². The molecule has 17 heavy (non-hydrogen) atoms. The van der Waals surface area contributed by atoms with E-state index in [9.17, 15) is 31.4 Å². The predicted molar refractivity (Wildman–Crippen MR) is 48.5 cm³/mol. The first kappa shape index (κ1) is 14.6. The number of hydrogen-bond donors (Lipinski definition) is 1.